The number of H-pyrrole nitrogens is 1. The molecule has 128 valence electrons. The van der Waals surface area contributed by atoms with Crippen molar-refractivity contribution in [1.82, 2.24) is 10.3 Å². The van der Waals surface area contributed by atoms with E-state index >= 15 is 0 Å². The van der Waals surface area contributed by atoms with E-state index in [0.717, 1.165) is 46.9 Å². The Hall–Kier alpha value is -2.62. The molecule has 0 aliphatic heterocycles. The molecule has 0 bridgehead atoms. The Morgan fingerprint density at radius 2 is 2.12 bits per heavy atom. The molecule has 2 N–H and O–H groups in total. The minimum Gasteiger partial charge on any atom is -0.358 e. The summed E-state index contributed by atoms with van der Waals surface area (Å²) in [7, 11) is 0. The van der Waals surface area contributed by atoms with Crippen LogP contribution in [-0.2, 0) is 24.1 Å². The highest BCUT2D eigenvalue weighted by Crippen LogP contribution is 2.29. The van der Waals surface area contributed by atoms with Crippen molar-refractivity contribution in [2.75, 3.05) is 0 Å². The molecule has 0 radical (unpaired) electrons. The van der Waals surface area contributed by atoms with Gasteiger partial charge in [-0.2, -0.15) is 0 Å². The van der Waals surface area contributed by atoms with Gasteiger partial charge in [0.15, 0.2) is 0 Å². The van der Waals surface area contributed by atoms with Gasteiger partial charge in [-0.05, 0) is 61.1 Å². The Labute approximate surface area is 146 Å². The number of aromatic nitrogens is 1. The number of amides is 1. The zero-order chi connectivity index (χ0) is 17.4. The normalized spacial score (nSPS) is 16.6. The summed E-state index contributed by atoms with van der Waals surface area (Å²) in [5.74, 6) is -0.172. The van der Waals surface area contributed by atoms with Gasteiger partial charge in [-0.1, -0.05) is 24.3 Å². The van der Waals surface area contributed by atoms with Gasteiger partial charge < -0.3 is 10.3 Å². The van der Waals surface area contributed by atoms with Crippen LogP contribution in [0.1, 0.15) is 28.8 Å². The highest BCUT2D eigenvalue weighted by Gasteiger charge is 2.24. The van der Waals surface area contributed by atoms with Crippen molar-refractivity contribution in [3.63, 3.8) is 0 Å². The van der Waals surface area contributed by atoms with Gasteiger partial charge in [-0.3, -0.25) is 4.79 Å². The SMILES string of the molecule is Cc1ccccc1CC(=O)NC1CCc2[nH]c3ccc(F)cc3c2C1. The van der Waals surface area contributed by atoms with E-state index in [0.29, 0.717) is 6.42 Å². The Morgan fingerprint density at radius 1 is 1.28 bits per heavy atom. The molecule has 4 heteroatoms. The van der Waals surface area contributed by atoms with Gasteiger partial charge >= 0.3 is 0 Å². The average molecular weight is 336 g/mol. The monoisotopic (exact) mass is 336 g/mol. The van der Waals surface area contributed by atoms with Crippen molar-refractivity contribution in [3.05, 3.63) is 70.7 Å². The van der Waals surface area contributed by atoms with Crippen LogP contribution in [-0.4, -0.2) is 16.9 Å². The highest BCUT2D eigenvalue weighted by atomic mass is 19.1. The molecule has 1 amide bonds. The minimum atomic E-state index is -0.222. The van der Waals surface area contributed by atoms with E-state index in [4.69, 9.17) is 0 Å². The number of aromatic amines is 1. The summed E-state index contributed by atoms with van der Waals surface area (Å²) in [5, 5.41) is 4.10. The molecule has 1 aliphatic carbocycles. The molecular formula is C21H21FN2O. The maximum atomic E-state index is 13.6. The lowest BCUT2D eigenvalue weighted by molar-refractivity contribution is -0.121. The Kier molecular flexibility index (Phi) is 4.04. The van der Waals surface area contributed by atoms with Crippen LogP contribution in [0.15, 0.2) is 42.5 Å². The summed E-state index contributed by atoms with van der Waals surface area (Å²) in [6.45, 7) is 2.02. The summed E-state index contributed by atoms with van der Waals surface area (Å²) in [6.07, 6.45) is 2.93. The second-order valence-electron chi connectivity index (χ2n) is 6.88. The fraction of sp³-hybridized carbons (Fsp3) is 0.286. The van der Waals surface area contributed by atoms with Crippen molar-refractivity contribution >= 4 is 16.8 Å². The predicted molar refractivity (Wildman–Crippen MR) is 97.1 cm³/mol. The van der Waals surface area contributed by atoms with E-state index < -0.39 is 0 Å². The number of aryl methyl sites for hydroxylation is 2. The van der Waals surface area contributed by atoms with E-state index in [2.05, 4.69) is 10.3 Å². The molecule has 3 aromatic rings. The maximum Gasteiger partial charge on any atom is 0.224 e. The number of fused-ring (bicyclic) bond motifs is 3. The summed E-state index contributed by atoms with van der Waals surface area (Å²) in [5.41, 5.74) is 5.48. The first kappa shape index (κ1) is 15.9. The molecule has 2 aromatic carbocycles. The zero-order valence-corrected chi connectivity index (χ0v) is 14.2. The predicted octanol–water partition coefficient (Wildman–Crippen LogP) is 3.83. The first-order chi connectivity index (χ1) is 12.1. The molecule has 1 aliphatic rings. The first-order valence-electron chi connectivity index (χ1n) is 8.73. The van der Waals surface area contributed by atoms with E-state index in [1.807, 2.05) is 31.2 Å². The van der Waals surface area contributed by atoms with E-state index in [9.17, 15) is 9.18 Å². The second kappa shape index (κ2) is 6.36. The van der Waals surface area contributed by atoms with Gasteiger partial charge in [-0.15, -0.1) is 0 Å². The molecule has 1 heterocycles. The smallest absolute Gasteiger partial charge is 0.224 e. The molecule has 3 nitrogen and oxygen atoms in total. The zero-order valence-electron chi connectivity index (χ0n) is 14.2. The molecule has 0 fully saturated rings. The third-order valence-electron chi connectivity index (χ3n) is 5.13. The fourth-order valence-corrected chi connectivity index (χ4v) is 3.77. The molecule has 0 saturated carbocycles. The minimum absolute atomic E-state index is 0.0498. The van der Waals surface area contributed by atoms with Crippen LogP contribution in [0, 0.1) is 12.7 Å². The number of hydrogen-bond donors (Lipinski definition) is 2. The number of rotatable bonds is 3. The topological polar surface area (TPSA) is 44.9 Å². The molecule has 0 spiro atoms. The van der Waals surface area contributed by atoms with Crippen LogP contribution in [0.2, 0.25) is 0 Å². The summed E-state index contributed by atoms with van der Waals surface area (Å²) < 4.78 is 13.6. The van der Waals surface area contributed by atoms with Gasteiger partial charge in [0.2, 0.25) is 5.91 Å². The van der Waals surface area contributed by atoms with Crippen LogP contribution < -0.4 is 5.32 Å². The van der Waals surface area contributed by atoms with Gasteiger partial charge in [-0.25, -0.2) is 4.39 Å². The van der Waals surface area contributed by atoms with E-state index in [1.54, 1.807) is 12.1 Å². The molecule has 0 saturated heterocycles. The number of carbonyl (C=O) groups excluding carboxylic acids is 1. The van der Waals surface area contributed by atoms with Crippen molar-refractivity contribution in [2.45, 2.75) is 38.6 Å². The van der Waals surface area contributed by atoms with Crippen LogP contribution in [0.3, 0.4) is 0 Å². The summed E-state index contributed by atoms with van der Waals surface area (Å²) in [6, 6.07) is 12.9. The van der Waals surface area contributed by atoms with Crippen LogP contribution in [0.25, 0.3) is 10.9 Å². The Balaban J connectivity index is 1.49. The second-order valence-corrected chi connectivity index (χ2v) is 6.88. The average Bonchev–Trinajstić information content (AvgIpc) is 2.94. The molecule has 1 atom stereocenters. The standard InChI is InChI=1S/C21H21FN2O/c1-13-4-2-3-5-14(13)10-21(25)23-16-7-9-20-18(12-16)17-11-15(22)6-8-19(17)24-20/h2-6,8,11,16,24H,7,9-10,12H2,1H3,(H,23,25). The van der Waals surface area contributed by atoms with Crippen molar-refractivity contribution in [1.29, 1.82) is 0 Å². The van der Waals surface area contributed by atoms with Crippen molar-refractivity contribution in [2.24, 2.45) is 0 Å². The van der Waals surface area contributed by atoms with Gasteiger partial charge in [0.05, 0.1) is 6.42 Å². The number of halogens is 1. The quantitative estimate of drug-likeness (QED) is 0.750. The van der Waals surface area contributed by atoms with Gasteiger partial charge in [0, 0.05) is 22.6 Å². The number of benzene rings is 2. The van der Waals surface area contributed by atoms with Crippen molar-refractivity contribution in [3.8, 4) is 0 Å². The third kappa shape index (κ3) is 3.16. The fourth-order valence-electron chi connectivity index (χ4n) is 3.77. The first-order valence-corrected chi connectivity index (χ1v) is 8.73. The molecule has 1 aromatic heterocycles. The van der Waals surface area contributed by atoms with Gasteiger partial charge in [0.25, 0.3) is 0 Å². The summed E-state index contributed by atoms with van der Waals surface area (Å²) >= 11 is 0. The Morgan fingerprint density at radius 3 is 2.96 bits per heavy atom. The summed E-state index contributed by atoms with van der Waals surface area (Å²) in [4.78, 5) is 15.8. The molecule has 1 unspecified atom stereocenters. The molecular weight excluding hydrogens is 315 g/mol. The van der Waals surface area contributed by atoms with E-state index in [1.165, 1.54) is 11.8 Å². The third-order valence-corrected chi connectivity index (χ3v) is 5.13. The van der Waals surface area contributed by atoms with Gasteiger partial charge in [0.1, 0.15) is 5.82 Å². The molecule has 4 rings (SSSR count). The Bertz CT molecular complexity index is 944. The van der Waals surface area contributed by atoms with Crippen LogP contribution in [0.4, 0.5) is 4.39 Å². The highest BCUT2D eigenvalue weighted by molar-refractivity contribution is 5.85. The van der Waals surface area contributed by atoms with Crippen molar-refractivity contribution < 1.29 is 9.18 Å². The number of hydrogen-bond acceptors (Lipinski definition) is 1. The lowest BCUT2D eigenvalue weighted by Crippen LogP contribution is -2.39. The molecule has 25 heavy (non-hydrogen) atoms. The van der Waals surface area contributed by atoms with Crippen LogP contribution >= 0.6 is 0 Å². The largest absolute Gasteiger partial charge is 0.358 e. The van der Waals surface area contributed by atoms with Crippen LogP contribution in [0.5, 0.6) is 0 Å². The number of nitrogens with one attached hydrogen (secondary N) is 2. The lowest BCUT2D eigenvalue weighted by Gasteiger charge is -2.24. The lowest BCUT2D eigenvalue weighted by atomic mass is 9.91. The van der Waals surface area contributed by atoms with E-state index in [-0.39, 0.29) is 17.8 Å². The maximum absolute atomic E-state index is 13.6. The number of carbonyl (C=O) groups is 1.